The number of aliphatic hydroxyl groups is 1. The normalized spacial score (nSPS) is 33.8. The molecule has 1 saturated heterocycles. The molecule has 3 atom stereocenters. The van der Waals surface area contributed by atoms with Crippen molar-refractivity contribution in [2.24, 2.45) is 0 Å². The molecule has 3 rings (SSSR count). The topological polar surface area (TPSA) is 43.7 Å². The van der Waals surface area contributed by atoms with Crippen molar-refractivity contribution >= 4 is 0 Å². The molecule has 1 aliphatic heterocycles. The van der Waals surface area contributed by atoms with Crippen molar-refractivity contribution in [2.75, 3.05) is 13.6 Å². The zero-order chi connectivity index (χ0) is 13.6. The molecule has 3 heteroatoms. The van der Waals surface area contributed by atoms with Crippen molar-refractivity contribution < 1.29 is 10.2 Å². The molecular formula is C16H21NO2. The summed E-state index contributed by atoms with van der Waals surface area (Å²) < 4.78 is 0. The molecule has 0 amide bonds. The molecule has 102 valence electrons. The van der Waals surface area contributed by atoms with E-state index in [0.717, 1.165) is 31.4 Å². The summed E-state index contributed by atoms with van der Waals surface area (Å²) in [4.78, 5) is 2.25. The Bertz CT molecular complexity index is 513. The van der Waals surface area contributed by atoms with Crippen molar-refractivity contribution in [1.82, 2.24) is 4.90 Å². The molecule has 0 aromatic heterocycles. The van der Waals surface area contributed by atoms with Crippen molar-refractivity contribution in [1.29, 1.82) is 0 Å². The highest BCUT2D eigenvalue weighted by Crippen LogP contribution is 2.47. The molecule has 1 heterocycles. The maximum atomic E-state index is 10.8. The first kappa shape index (κ1) is 12.7. The lowest BCUT2D eigenvalue weighted by atomic mass is 9.60. The van der Waals surface area contributed by atoms with Crippen LogP contribution in [0.15, 0.2) is 30.9 Å². The van der Waals surface area contributed by atoms with Crippen LogP contribution in [0.4, 0.5) is 0 Å². The van der Waals surface area contributed by atoms with Crippen LogP contribution in [0, 0.1) is 0 Å². The Labute approximate surface area is 114 Å². The first-order chi connectivity index (χ1) is 9.08. The Morgan fingerprint density at radius 1 is 1.53 bits per heavy atom. The number of hydrogen-bond donors (Lipinski definition) is 2. The number of fused-ring (bicyclic) bond motifs is 4. The van der Waals surface area contributed by atoms with Gasteiger partial charge in [-0.25, -0.2) is 0 Å². The Hall–Kier alpha value is -1.32. The molecule has 2 N–H and O–H groups in total. The van der Waals surface area contributed by atoms with Gasteiger partial charge in [-0.05, 0) is 56.1 Å². The van der Waals surface area contributed by atoms with Gasteiger partial charge in [0, 0.05) is 11.5 Å². The van der Waals surface area contributed by atoms with E-state index in [2.05, 4.69) is 18.5 Å². The molecule has 1 aliphatic carbocycles. The molecule has 0 radical (unpaired) electrons. The fraction of sp³-hybridized carbons (Fsp3) is 0.500. The van der Waals surface area contributed by atoms with Crippen LogP contribution in [-0.4, -0.2) is 40.9 Å². The number of nitrogens with zero attached hydrogens (tertiary/aromatic N) is 1. The highest BCUT2D eigenvalue weighted by molar-refractivity contribution is 5.45. The monoisotopic (exact) mass is 259 g/mol. The summed E-state index contributed by atoms with van der Waals surface area (Å²) in [6.45, 7) is 4.84. The van der Waals surface area contributed by atoms with Gasteiger partial charge in [-0.2, -0.15) is 0 Å². The summed E-state index contributed by atoms with van der Waals surface area (Å²) in [5, 5.41) is 20.6. The van der Waals surface area contributed by atoms with E-state index in [9.17, 15) is 10.2 Å². The molecule has 0 spiro atoms. The lowest BCUT2D eigenvalue weighted by Gasteiger charge is -2.53. The number of likely N-dealkylation sites (tertiary alicyclic amines) is 1. The Morgan fingerprint density at radius 2 is 2.32 bits per heavy atom. The molecule has 1 aromatic carbocycles. The van der Waals surface area contributed by atoms with Gasteiger partial charge >= 0.3 is 0 Å². The maximum absolute atomic E-state index is 10.8. The first-order valence-corrected chi connectivity index (χ1v) is 6.90. The van der Waals surface area contributed by atoms with E-state index >= 15 is 0 Å². The summed E-state index contributed by atoms with van der Waals surface area (Å²) in [7, 11) is 2.08. The third kappa shape index (κ3) is 1.72. The highest BCUT2D eigenvalue weighted by Gasteiger charge is 2.51. The minimum absolute atomic E-state index is 0.172. The van der Waals surface area contributed by atoms with Crippen LogP contribution < -0.4 is 0 Å². The molecule has 19 heavy (non-hydrogen) atoms. The van der Waals surface area contributed by atoms with Crippen molar-refractivity contribution in [3.05, 3.63) is 42.0 Å². The van der Waals surface area contributed by atoms with E-state index in [-0.39, 0.29) is 17.2 Å². The van der Waals surface area contributed by atoms with Crippen LogP contribution in [0.1, 0.15) is 24.0 Å². The number of aromatic hydroxyl groups is 1. The highest BCUT2D eigenvalue weighted by atomic mass is 16.3. The minimum atomic E-state index is -0.390. The number of rotatable bonds is 2. The van der Waals surface area contributed by atoms with E-state index in [1.165, 1.54) is 5.56 Å². The number of piperidine rings is 1. The van der Waals surface area contributed by atoms with Crippen LogP contribution in [-0.2, 0) is 11.8 Å². The van der Waals surface area contributed by atoms with Gasteiger partial charge in [-0.1, -0.05) is 12.1 Å². The summed E-state index contributed by atoms with van der Waals surface area (Å²) in [5.74, 6) is 0.284. The minimum Gasteiger partial charge on any atom is -0.508 e. The lowest BCUT2D eigenvalue weighted by molar-refractivity contribution is -0.0470. The lowest BCUT2D eigenvalue weighted by Crippen LogP contribution is -2.62. The van der Waals surface area contributed by atoms with E-state index in [4.69, 9.17) is 0 Å². The second-order valence-corrected chi connectivity index (χ2v) is 5.94. The Kier molecular flexibility index (Phi) is 2.91. The van der Waals surface area contributed by atoms with E-state index < -0.39 is 6.10 Å². The van der Waals surface area contributed by atoms with E-state index in [1.807, 2.05) is 18.2 Å². The number of benzene rings is 1. The summed E-state index contributed by atoms with van der Waals surface area (Å²) in [6.07, 6.45) is 4.02. The largest absolute Gasteiger partial charge is 0.508 e. The summed E-state index contributed by atoms with van der Waals surface area (Å²) >= 11 is 0. The van der Waals surface area contributed by atoms with Gasteiger partial charge in [0.2, 0.25) is 0 Å². The van der Waals surface area contributed by atoms with Gasteiger partial charge in [-0.15, -0.1) is 6.58 Å². The zero-order valence-electron chi connectivity index (χ0n) is 11.3. The molecule has 3 nitrogen and oxygen atoms in total. The van der Waals surface area contributed by atoms with Crippen LogP contribution in [0.25, 0.3) is 0 Å². The third-order valence-corrected chi connectivity index (χ3v) is 4.97. The van der Waals surface area contributed by atoms with Crippen LogP contribution in [0.5, 0.6) is 5.75 Å². The predicted molar refractivity (Wildman–Crippen MR) is 75.3 cm³/mol. The number of aliphatic hydroxyl groups excluding tert-OH is 1. The van der Waals surface area contributed by atoms with Gasteiger partial charge in [0.25, 0.3) is 0 Å². The molecule has 2 bridgehead atoms. The number of likely N-dealkylation sites (N-methyl/N-ethyl adjacent to an activating group) is 1. The number of hydrogen-bond acceptors (Lipinski definition) is 3. The summed E-state index contributed by atoms with van der Waals surface area (Å²) in [5.41, 5.74) is 2.09. The second kappa shape index (κ2) is 4.36. The van der Waals surface area contributed by atoms with Gasteiger partial charge < -0.3 is 15.1 Å². The fourth-order valence-corrected chi connectivity index (χ4v) is 3.88. The van der Waals surface area contributed by atoms with E-state index in [1.54, 1.807) is 6.07 Å². The molecule has 0 saturated carbocycles. The van der Waals surface area contributed by atoms with Crippen molar-refractivity contribution in [2.45, 2.75) is 36.8 Å². The van der Waals surface area contributed by atoms with Crippen molar-refractivity contribution in [3.63, 3.8) is 0 Å². The third-order valence-electron chi connectivity index (χ3n) is 4.97. The molecule has 1 aromatic rings. The Morgan fingerprint density at radius 3 is 3.05 bits per heavy atom. The predicted octanol–water partition coefficient (Wildman–Crippen LogP) is 1.83. The average molecular weight is 259 g/mol. The molecule has 2 unspecified atom stereocenters. The molecule has 1 fully saturated rings. The zero-order valence-corrected chi connectivity index (χ0v) is 11.3. The van der Waals surface area contributed by atoms with Crippen LogP contribution in [0.3, 0.4) is 0 Å². The number of allylic oxidation sites excluding steroid dienone is 1. The van der Waals surface area contributed by atoms with Gasteiger partial charge in [0.05, 0.1) is 6.10 Å². The Balaban J connectivity index is 2.18. The van der Waals surface area contributed by atoms with Crippen LogP contribution >= 0.6 is 0 Å². The smallest absolute Gasteiger partial charge is 0.115 e. The fourth-order valence-electron chi connectivity index (χ4n) is 3.88. The summed E-state index contributed by atoms with van der Waals surface area (Å²) in [6, 6.07) is 5.75. The van der Waals surface area contributed by atoms with Crippen LogP contribution in [0.2, 0.25) is 0 Å². The van der Waals surface area contributed by atoms with Crippen molar-refractivity contribution in [3.8, 4) is 5.75 Å². The number of phenols is 1. The standard InChI is InChI=1S/C16H21NO2/c1-3-6-16-7-8-17(2)14(15(16)19)9-11-4-5-12(18)10-13(11)16/h3-5,10,14-15,18-19H,1,6-9H2,2H3/t14?,15-,16?/m0/s1. The molecule has 2 aliphatic rings. The van der Waals surface area contributed by atoms with Gasteiger partial charge in [0.1, 0.15) is 5.75 Å². The number of phenolic OH excluding ortho intramolecular Hbond substituents is 1. The first-order valence-electron chi connectivity index (χ1n) is 6.90. The van der Waals surface area contributed by atoms with Gasteiger partial charge in [-0.3, -0.25) is 0 Å². The molecular weight excluding hydrogens is 238 g/mol. The second-order valence-electron chi connectivity index (χ2n) is 5.94. The van der Waals surface area contributed by atoms with E-state index in [0.29, 0.717) is 0 Å². The quantitative estimate of drug-likeness (QED) is 0.796. The van der Waals surface area contributed by atoms with Gasteiger partial charge in [0.15, 0.2) is 0 Å². The SMILES string of the molecule is C=CCC12CCN(C)C(Cc3ccc(O)cc31)[C@@H]2O. The average Bonchev–Trinajstić information content (AvgIpc) is 2.38. The maximum Gasteiger partial charge on any atom is 0.115 e.